The Kier molecular flexibility index (Phi) is 3.35. The van der Waals surface area contributed by atoms with E-state index >= 15 is 0 Å². The van der Waals surface area contributed by atoms with Crippen molar-refractivity contribution >= 4 is 22.6 Å². The molecule has 1 fully saturated rings. The molecule has 0 unspecified atom stereocenters. The lowest BCUT2D eigenvalue weighted by atomic mass is 9.91. The average Bonchev–Trinajstić information content (AvgIpc) is 3.33. The first-order valence-corrected chi connectivity index (χ1v) is 8.35. The third-order valence-electron chi connectivity index (χ3n) is 5.13. The summed E-state index contributed by atoms with van der Waals surface area (Å²) < 4.78 is 1.92. The zero-order chi connectivity index (χ0) is 17.0. The first-order chi connectivity index (χ1) is 11.5. The maximum absolute atomic E-state index is 11.9. The summed E-state index contributed by atoms with van der Waals surface area (Å²) in [5.74, 6) is 0.0211. The maximum Gasteiger partial charge on any atom is 0.250 e. The van der Waals surface area contributed by atoms with Crippen molar-refractivity contribution in [1.29, 1.82) is 0 Å². The van der Waals surface area contributed by atoms with Crippen molar-refractivity contribution in [2.24, 2.45) is 11.7 Å². The number of primary amides is 1. The number of amides is 1. The Hall–Kier alpha value is -2.40. The molecule has 5 heteroatoms. The van der Waals surface area contributed by atoms with Gasteiger partial charge in [0, 0.05) is 29.4 Å². The van der Waals surface area contributed by atoms with E-state index in [0.29, 0.717) is 11.5 Å². The van der Waals surface area contributed by atoms with Crippen LogP contribution >= 0.6 is 0 Å². The average molecular weight is 323 g/mol. The van der Waals surface area contributed by atoms with E-state index < -0.39 is 12.0 Å². The number of aromatic nitrogens is 2. The zero-order valence-electron chi connectivity index (χ0n) is 13.9. The lowest BCUT2D eigenvalue weighted by Gasteiger charge is -2.26. The molecule has 3 N–H and O–H groups in total. The van der Waals surface area contributed by atoms with Gasteiger partial charge in [-0.1, -0.05) is 19.1 Å². The molecule has 1 saturated carbocycles. The van der Waals surface area contributed by atoms with E-state index in [1.165, 1.54) is 18.4 Å². The standard InChI is InChI=1S/C19H21N3O2/c1-10-3-6-16(23)11(2)17(10)22-9-15(18(20)24)14-7-13(12-4-5-12)8-21-19(14)22/h3,6-9,11-12,16,23H,4-5H2,1-2H3,(H2,20,24)/t11-,16-/m1/s1. The van der Waals surface area contributed by atoms with E-state index in [2.05, 4.69) is 4.98 Å². The highest BCUT2D eigenvalue weighted by molar-refractivity contribution is 6.06. The number of carbonyl (C=O) groups excluding carboxylic acids is 1. The van der Waals surface area contributed by atoms with Gasteiger partial charge < -0.3 is 15.4 Å². The largest absolute Gasteiger partial charge is 0.388 e. The lowest BCUT2D eigenvalue weighted by Crippen LogP contribution is -2.23. The first kappa shape index (κ1) is 15.1. The van der Waals surface area contributed by atoms with Crippen LogP contribution in [0, 0.1) is 5.92 Å². The molecule has 124 valence electrons. The van der Waals surface area contributed by atoms with Crippen LogP contribution in [0.1, 0.15) is 48.5 Å². The molecule has 0 saturated heterocycles. The third-order valence-corrected chi connectivity index (χ3v) is 5.13. The summed E-state index contributed by atoms with van der Waals surface area (Å²) in [5.41, 5.74) is 9.98. The van der Waals surface area contributed by atoms with Crippen LogP contribution in [-0.4, -0.2) is 26.7 Å². The summed E-state index contributed by atoms with van der Waals surface area (Å²) in [4.78, 5) is 16.6. The zero-order valence-corrected chi connectivity index (χ0v) is 13.9. The second-order valence-corrected chi connectivity index (χ2v) is 6.90. The minimum Gasteiger partial charge on any atom is -0.388 e. The fourth-order valence-corrected chi connectivity index (χ4v) is 3.57. The highest BCUT2D eigenvalue weighted by Gasteiger charge is 2.28. The van der Waals surface area contributed by atoms with Crippen molar-refractivity contribution in [1.82, 2.24) is 9.55 Å². The number of nitrogens with two attached hydrogens (primary N) is 1. The van der Waals surface area contributed by atoms with Crippen LogP contribution in [0.15, 0.2) is 36.2 Å². The predicted molar refractivity (Wildman–Crippen MR) is 93.4 cm³/mol. The molecule has 2 aromatic rings. The summed E-state index contributed by atoms with van der Waals surface area (Å²) in [6, 6.07) is 2.05. The van der Waals surface area contributed by atoms with Crippen molar-refractivity contribution in [2.75, 3.05) is 0 Å². The number of aliphatic hydroxyl groups excluding tert-OH is 1. The number of aliphatic hydroxyl groups is 1. The van der Waals surface area contributed by atoms with Crippen molar-refractivity contribution in [3.63, 3.8) is 0 Å². The van der Waals surface area contributed by atoms with Gasteiger partial charge in [-0.3, -0.25) is 4.79 Å². The fourth-order valence-electron chi connectivity index (χ4n) is 3.57. The summed E-state index contributed by atoms with van der Waals surface area (Å²) >= 11 is 0. The van der Waals surface area contributed by atoms with Crippen molar-refractivity contribution in [3.8, 4) is 0 Å². The van der Waals surface area contributed by atoms with E-state index in [-0.39, 0.29) is 5.92 Å². The number of fused-ring (bicyclic) bond motifs is 1. The SMILES string of the molecule is CC1=C(n2cc(C(N)=O)c3cc(C4CC4)cnc32)[C@H](C)[C@H](O)C=C1. The van der Waals surface area contributed by atoms with Crippen LogP contribution in [0.25, 0.3) is 16.7 Å². The molecule has 0 spiro atoms. The quantitative estimate of drug-likeness (QED) is 0.911. The molecule has 2 heterocycles. The molecule has 2 aromatic heterocycles. The number of carbonyl (C=O) groups is 1. The number of allylic oxidation sites excluding steroid dienone is 2. The lowest BCUT2D eigenvalue weighted by molar-refractivity contribution is 0.100. The van der Waals surface area contributed by atoms with Crippen LogP contribution in [0.5, 0.6) is 0 Å². The number of rotatable bonds is 3. The van der Waals surface area contributed by atoms with E-state index in [4.69, 9.17) is 5.73 Å². The Bertz CT molecular complexity index is 903. The molecule has 2 atom stereocenters. The number of hydrogen-bond acceptors (Lipinski definition) is 3. The molecular formula is C19H21N3O2. The van der Waals surface area contributed by atoms with Crippen molar-refractivity contribution in [3.05, 3.63) is 47.3 Å². The Morgan fingerprint density at radius 2 is 2.17 bits per heavy atom. The van der Waals surface area contributed by atoms with Gasteiger partial charge in [0.05, 0.1) is 11.7 Å². The normalized spacial score (nSPS) is 24.0. The van der Waals surface area contributed by atoms with Gasteiger partial charge in [0.25, 0.3) is 5.91 Å². The van der Waals surface area contributed by atoms with E-state index in [1.807, 2.05) is 36.8 Å². The topological polar surface area (TPSA) is 81.1 Å². The summed E-state index contributed by atoms with van der Waals surface area (Å²) in [6.07, 6.45) is 9.17. The Morgan fingerprint density at radius 3 is 2.83 bits per heavy atom. The number of hydrogen-bond donors (Lipinski definition) is 2. The molecule has 0 radical (unpaired) electrons. The van der Waals surface area contributed by atoms with Gasteiger partial charge in [-0.25, -0.2) is 4.98 Å². The van der Waals surface area contributed by atoms with Crippen LogP contribution in [0.2, 0.25) is 0 Å². The maximum atomic E-state index is 11.9. The molecular weight excluding hydrogens is 302 g/mol. The van der Waals surface area contributed by atoms with Crippen LogP contribution in [0.3, 0.4) is 0 Å². The fraction of sp³-hybridized carbons (Fsp3) is 0.368. The first-order valence-electron chi connectivity index (χ1n) is 8.35. The minimum atomic E-state index is -0.552. The molecule has 2 aliphatic rings. The van der Waals surface area contributed by atoms with Gasteiger partial charge in [0.1, 0.15) is 5.65 Å². The highest BCUT2D eigenvalue weighted by atomic mass is 16.3. The van der Waals surface area contributed by atoms with Gasteiger partial charge in [-0.2, -0.15) is 0 Å². The summed E-state index contributed by atoms with van der Waals surface area (Å²) in [5, 5.41) is 11.0. The van der Waals surface area contributed by atoms with Gasteiger partial charge in [0.15, 0.2) is 0 Å². The van der Waals surface area contributed by atoms with Crippen LogP contribution in [-0.2, 0) is 0 Å². The van der Waals surface area contributed by atoms with E-state index in [0.717, 1.165) is 22.3 Å². The molecule has 4 rings (SSSR count). The monoisotopic (exact) mass is 323 g/mol. The number of pyridine rings is 1. The Morgan fingerprint density at radius 1 is 1.42 bits per heavy atom. The molecule has 0 aromatic carbocycles. The predicted octanol–water partition coefficient (Wildman–Crippen LogP) is 2.81. The second kappa shape index (κ2) is 5.31. The van der Waals surface area contributed by atoms with Gasteiger partial charge in [0.2, 0.25) is 0 Å². The smallest absolute Gasteiger partial charge is 0.250 e. The molecule has 0 aliphatic heterocycles. The highest BCUT2D eigenvalue weighted by Crippen LogP contribution is 2.41. The van der Waals surface area contributed by atoms with Crippen molar-refractivity contribution < 1.29 is 9.90 Å². The van der Waals surface area contributed by atoms with Gasteiger partial charge in [-0.05, 0) is 42.9 Å². The molecule has 1 amide bonds. The van der Waals surface area contributed by atoms with Crippen LogP contribution < -0.4 is 5.73 Å². The Labute approximate surface area is 140 Å². The third kappa shape index (κ3) is 2.27. The van der Waals surface area contributed by atoms with E-state index in [1.54, 1.807) is 12.3 Å². The molecule has 2 aliphatic carbocycles. The van der Waals surface area contributed by atoms with Crippen molar-refractivity contribution in [2.45, 2.75) is 38.7 Å². The Balaban J connectivity index is 1.96. The summed E-state index contributed by atoms with van der Waals surface area (Å²) in [6.45, 7) is 3.98. The van der Waals surface area contributed by atoms with Crippen LogP contribution in [0.4, 0.5) is 0 Å². The minimum absolute atomic E-state index is 0.0868. The van der Waals surface area contributed by atoms with Gasteiger partial charge in [-0.15, -0.1) is 0 Å². The molecule has 5 nitrogen and oxygen atoms in total. The van der Waals surface area contributed by atoms with E-state index in [9.17, 15) is 9.90 Å². The molecule has 24 heavy (non-hydrogen) atoms. The number of nitrogens with zero attached hydrogens (tertiary/aromatic N) is 2. The summed E-state index contributed by atoms with van der Waals surface area (Å²) in [7, 11) is 0. The van der Waals surface area contributed by atoms with Gasteiger partial charge >= 0.3 is 0 Å². The second-order valence-electron chi connectivity index (χ2n) is 6.90. The molecule has 0 bridgehead atoms.